The molecule has 0 radical (unpaired) electrons. The summed E-state index contributed by atoms with van der Waals surface area (Å²) in [4.78, 5) is 4.64. The zero-order chi connectivity index (χ0) is 18.2. The Morgan fingerprint density at radius 3 is 2.59 bits per heavy atom. The van der Waals surface area contributed by atoms with Crippen molar-refractivity contribution in [3.05, 3.63) is 93.2 Å². The van der Waals surface area contributed by atoms with Gasteiger partial charge in [0, 0.05) is 22.7 Å². The van der Waals surface area contributed by atoms with E-state index in [1.165, 1.54) is 5.56 Å². The van der Waals surface area contributed by atoms with Crippen LogP contribution < -0.4 is 4.74 Å². The molecule has 1 saturated carbocycles. The van der Waals surface area contributed by atoms with Gasteiger partial charge in [-0.1, -0.05) is 70.0 Å². The molecule has 1 aliphatic carbocycles. The van der Waals surface area contributed by atoms with Crippen LogP contribution in [0, 0.1) is 0 Å². The lowest BCUT2D eigenvalue weighted by atomic mass is 9.74. The van der Waals surface area contributed by atoms with Gasteiger partial charge in [-0.3, -0.25) is 4.98 Å². The quantitative estimate of drug-likeness (QED) is 0.489. The van der Waals surface area contributed by atoms with Crippen molar-refractivity contribution >= 4 is 27.5 Å². The third kappa shape index (κ3) is 1.93. The van der Waals surface area contributed by atoms with Gasteiger partial charge in [-0.25, -0.2) is 0 Å². The molecule has 4 unspecified atom stereocenters. The average Bonchev–Trinajstić information content (AvgIpc) is 3.23. The second kappa shape index (κ2) is 5.34. The number of aromatic nitrogens is 1. The Hall–Kier alpha value is -1.88. The summed E-state index contributed by atoms with van der Waals surface area (Å²) in [6, 6.07) is 20.8. The zero-order valence-electron chi connectivity index (χ0n) is 14.2. The number of epoxide rings is 1. The molecular formula is C22H15BrClNO2. The van der Waals surface area contributed by atoms with Crippen LogP contribution in [0.2, 0.25) is 5.02 Å². The minimum Gasteiger partial charge on any atom is -0.476 e. The predicted molar refractivity (Wildman–Crippen MR) is 106 cm³/mol. The van der Waals surface area contributed by atoms with E-state index in [0.717, 1.165) is 27.9 Å². The molecule has 3 heterocycles. The summed E-state index contributed by atoms with van der Waals surface area (Å²) in [7, 11) is 0. The van der Waals surface area contributed by atoms with Crippen molar-refractivity contribution in [2.45, 2.75) is 29.6 Å². The smallest absolute Gasteiger partial charge is 0.184 e. The highest BCUT2D eigenvalue weighted by Gasteiger charge is 2.84. The minimum absolute atomic E-state index is 0.0984. The summed E-state index contributed by atoms with van der Waals surface area (Å²) >= 11 is 9.76. The number of pyridine rings is 1. The third-order valence-electron chi connectivity index (χ3n) is 6.13. The highest BCUT2D eigenvalue weighted by atomic mass is 79.9. The predicted octanol–water partition coefficient (Wildman–Crippen LogP) is 5.57. The van der Waals surface area contributed by atoms with Gasteiger partial charge in [0.25, 0.3) is 0 Å². The van der Waals surface area contributed by atoms with Crippen LogP contribution in [-0.2, 0) is 15.9 Å². The number of rotatable bonds is 2. The summed E-state index contributed by atoms with van der Waals surface area (Å²) in [5, 5.41) is 0.574. The monoisotopic (exact) mass is 439 g/mol. The maximum atomic E-state index is 6.75. The normalized spacial score (nSPS) is 32.4. The second-order valence-electron chi connectivity index (χ2n) is 7.39. The largest absolute Gasteiger partial charge is 0.476 e. The van der Waals surface area contributed by atoms with Crippen LogP contribution in [0.15, 0.2) is 71.3 Å². The van der Waals surface area contributed by atoms with E-state index in [9.17, 15) is 0 Å². The van der Waals surface area contributed by atoms with Crippen molar-refractivity contribution < 1.29 is 9.47 Å². The molecule has 0 bridgehead atoms. The van der Waals surface area contributed by atoms with E-state index in [-0.39, 0.29) is 12.0 Å². The van der Waals surface area contributed by atoms with Gasteiger partial charge in [0.15, 0.2) is 11.2 Å². The highest BCUT2D eigenvalue weighted by molar-refractivity contribution is 9.10. The second-order valence-corrected chi connectivity index (χ2v) is 8.74. The number of nitrogens with zero attached hydrogens (tertiary/aromatic N) is 1. The summed E-state index contributed by atoms with van der Waals surface area (Å²) in [6.45, 7) is 0. The van der Waals surface area contributed by atoms with Crippen molar-refractivity contribution in [1.29, 1.82) is 0 Å². The summed E-state index contributed by atoms with van der Waals surface area (Å²) in [6.07, 6.45) is 2.69. The fourth-order valence-corrected chi connectivity index (χ4v) is 5.49. The van der Waals surface area contributed by atoms with Gasteiger partial charge < -0.3 is 9.47 Å². The van der Waals surface area contributed by atoms with Gasteiger partial charge in [-0.2, -0.15) is 0 Å². The Balaban J connectivity index is 1.62. The van der Waals surface area contributed by atoms with E-state index in [1.807, 2.05) is 12.1 Å². The summed E-state index contributed by atoms with van der Waals surface area (Å²) in [5.74, 6) is 0.903. The summed E-state index contributed by atoms with van der Waals surface area (Å²) < 4.78 is 14.1. The van der Waals surface area contributed by atoms with Crippen molar-refractivity contribution in [1.82, 2.24) is 4.98 Å². The topological polar surface area (TPSA) is 34.6 Å². The Morgan fingerprint density at radius 2 is 1.81 bits per heavy atom. The molecule has 27 heavy (non-hydrogen) atoms. The van der Waals surface area contributed by atoms with E-state index in [2.05, 4.69) is 69.4 Å². The van der Waals surface area contributed by atoms with E-state index in [1.54, 1.807) is 6.20 Å². The van der Waals surface area contributed by atoms with Gasteiger partial charge in [-0.15, -0.1) is 0 Å². The lowest BCUT2D eigenvalue weighted by molar-refractivity contribution is -0.0168. The van der Waals surface area contributed by atoms with Gasteiger partial charge in [0.2, 0.25) is 0 Å². The molecule has 2 aliphatic heterocycles. The third-order valence-corrected chi connectivity index (χ3v) is 6.87. The van der Waals surface area contributed by atoms with E-state index in [4.69, 9.17) is 21.1 Å². The van der Waals surface area contributed by atoms with Crippen molar-refractivity contribution in [2.24, 2.45) is 0 Å². The molecule has 0 amide bonds. The molecule has 134 valence electrons. The number of halogens is 2. The molecule has 1 saturated heterocycles. The van der Waals surface area contributed by atoms with Crippen molar-refractivity contribution in [3.63, 3.8) is 0 Å². The van der Waals surface area contributed by atoms with E-state index < -0.39 is 11.2 Å². The molecule has 6 rings (SSSR count). The molecule has 3 aliphatic rings. The van der Waals surface area contributed by atoms with Crippen molar-refractivity contribution in [2.75, 3.05) is 0 Å². The zero-order valence-corrected chi connectivity index (χ0v) is 16.6. The fraction of sp³-hybridized carbons (Fsp3) is 0.227. The van der Waals surface area contributed by atoms with E-state index in [0.29, 0.717) is 5.02 Å². The molecule has 1 spiro atoms. The number of hydrogen-bond donors (Lipinski definition) is 0. The SMILES string of the molecule is Clc1cnc2c(c1)OC1(c3ccc(Br)cc3)C(c3ccccc3)CC3OC231. The molecule has 4 atom stereocenters. The van der Waals surface area contributed by atoms with Crippen LogP contribution in [0.25, 0.3) is 0 Å². The fourth-order valence-electron chi connectivity index (χ4n) is 5.08. The van der Waals surface area contributed by atoms with Crippen LogP contribution in [-0.4, -0.2) is 11.1 Å². The Morgan fingerprint density at radius 1 is 1.04 bits per heavy atom. The van der Waals surface area contributed by atoms with Crippen molar-refractivity contribution in [3.8, 4) is 5.75 Å². The Kier molecular flexibility index (Phi) is 3.19. The first-order valence-electron chi connectivity index (χ1n) is 8.99. The molecule has 0 N–H and O–H groups in total. The number of benzene rings is 2. The van der Waals surface area contributed by atoms with Crippen LogP contribution in [0.3, 0.4) is 0 Å². The van der Waals surface area contributed by atoms with Crippen LogP contribution in [0.5, 0.6) is 5.75 Å². The molecule has 3 nitrogen and oxygen atoms in total. The average molecular weight is 441 g/mol. The lowest BCUT2D eigenvalue weighted by Gasteiger charge is -2.37. The standard InChI is InChI=1S/C22H15BrClNO2/c23-15-8-6-14(7-9-15)21-17(13-4-2-1-3-5-13)11-19-22(21,27-19)20-18(26-21)10-16(24)12-25-20/h1-10,12,17,19H,11H2. The molecule has 3 aromatic rings. The highest BCUT2D eigenvalue weighted by Crippen LogP contribution is 2.76. The first-order chi connectivity index (χ1) is 13.1. The lowest BCUT2D eigenvalue weighted by Crippen LogP contribution is -2.43. The minimum atomic E-state index is -0.639. The molecule has 2 aromatic carbocycles. The maximum Gasteiger partial charge on any atom is 0.184 e. The van der Waals surface area contributed by atoms with Crippen LogP contribution >= 0.6 is 27.5 Å². The summed E-state index contributed by atoms with van der Waals surface area (Å²) in [5.41, 5.74) is 2.06. The number of fused-ring (bicyclic) bond motifs is 1. The van der Waals surface area contributed by atoms with Crippen LogP contribution in [0.4, 0.5) is 0 Å². The van der Waals surface area contributed by atoms with Gasteiger partial charge in [-0.05, 0) is 29.7 Å². The number of ether oxygens (including phenoxy) is 2. The Bertz CT molecular complexity index is 1060. The first kappa shape index (κ1) is 16.1. The maximum absolute atomic E-state index is 6.75. The number of hydrogen-bond acceptors (Lipinski definition) is 3. The van der Waals surface area contributed by atoms with Crippen LogP contribution in [0.1, 0.15) is 29.2 Å². The van der Waals surface area contributed by atoms with Gasteiger partial charge in [0.1, 0.15) is 11.4 Å². The molecule has 5 heteroatoms. The van der Waals surface area contributed by atoms with E-state index >= 15 is 0 Å². The Labute approximate surface area is 170 Å². The molecule has 1 aromatic heterocycles. The van der Waals surface area contributed by atoms with Gasteiger partial charge in [0.05, 0.1) is 11.1 Å². The first-order valence-corrected chi connectivity index (χ1v) is 10.2. The molecular weight excluding hydrogens is 426 g/mol. The molecule has 2 fully saturated rings. The van der Waals surface area contributed by atoms with Gasteiger partial charge >= 0.3 is 0 Å².